The first-order chi connectivity index (χ1) is 13.0. The maximum Gasteiger partial charge on any atom is 0.326 e. The molecule has 1 fully saturated rings. The van der Waals surface area contributed by atoms with E-state index in [0.29, 0.717) is 26.2 Å². The topological polar surface area (TPSA) is 79.2 Å². The van der Waals surface area contributed by atoms with E-state index in [1.807, 2.05) is 24.3 Å². The normalized spacial score (nSPS) is 18.6. The molecule has 1 aliphatic heterocycles. The summed E-state index contributed by atoms with van der Waals surface area (Å²) in [5.74, 6) is 0.876. The van der Waals surface area contributed by atoms with Crippen LogP contribution in [0.2, 0.25) is 0 Å². The molecule has 1 aromatic carbocycles. The fourth-order valence-corrected chi connectivity index (χ4v) is 3.77. The van der Waals surface area contributed by atoms with Crippen LogP contribution in [0.4, 0.5) is 0 Å². The van der Waals surface area contributed by atoms with Crippen LogP contribution in [0.15, 0.2) is 24.3 Å². The molecule has 1 aromatic rings. The molecule has 0 amide bonds. The summed E-state index contributed by atoms with van der Waals surface area (Å²) in [6.07, 6.45) is 7.33. The van der Waals surface area contributed by atoms with Crippen molar-refractivity contribution in [2.45, 2.75) is 51.6 Å². The number of unbranched alkanes of at least 4 members (excludes halogenated alkanes) is 5. The van der Waals surface area contributed by atoms with Crippen molar-refractivity contribution in [2.24, 2.45) is 0 Å². The molecule has 1 saturated heterocycles. The Balaban J connectivity index is 1.71. The van der Waals surface area contributed by atoms with Gasteiger partial charge in [-0.15, -0.1) is 0 Å². The van der Waals surface area contributed by atoms with Crippen LogP contribution in [0.5, 0.6) is 5.75 Å². The number of nitrogens with zero attached hydrogens (tertiary/aromatic N) is 1. The molecule has 0 unspecified atom stereocenters. The van der Waals surface area contributed by atoms with E-state index in [2.05, 4.69) is 11.8 Å². The maximum atomic E-state index is 11.1. The predicted molar refractivity (Wildman–Crippen MR) is 107 cm³/mol. The molecule has 6 nitrogen and oxygen atoms in total. The second-order valence-corrected chi connectivity index (χ2v) is 9.01. The van der Waals surface area contributed by atoms with Crippen LogP contribution in [0, 0.1) is 0 Å². The van der Waals surface area contributed by atoms with Crippen LogP contribution >= 0.6 is 7.60 Å². The Bertz CT molecular complexity index is 574. The molecule has 0 aliphatic carbocycles. The third-order valence-electron chi connectivity index (χ3n) is 4.88. The number of hydrogen-bond acceptors (Lipinski definition) is 4. The van der Waals surface area contributed by atoms with Crippen molar-refractivity contribution >= 4 is 7.60 Å². The fraction of sp³-hybridized carbons (Fsp3) is 0.700. The highest BCUT2D eigenvalue weighted by Gasteiger charge is 2.24. The van der Waals surface area contributed by atoms with Crippen molar-refractivity contribution in [1.29, 1.82) is 0 Å². The van der Waals surface area contributed by atoms with Crippen molar-refractivity contribution in [2.75, 3.05) is 39.0 Å². The average Bonchev–Trinajstić information content (AvgIpc) is 2.66. The minimum Gasteiger partial charge on any atom is -0.494 e. The number of benzene rings is 1. The first-order valence-electron chi connectivity index (χ1n) is 10.1. The van der Waals surface area contributed by atoms with Gasteiger partial charge in [0.1, 0.15) is 5.75 Å². The maximum absolute atomic E-state index is 11.1. The van der Waals surface area contributed by atoms with Gasteiger partial charge in [-0.05, 0) is 24.1 Å². The third kappa shape index (κ3) is 9.22. The first-order valence-corrected chi connectivity index (χ1v) is 11.9. The number of ether oxygens (including phenoxy) is 2. The largest absolute Gasteiger partial charge is 0.494 e. The Morgan fingerprint density at radius 2 is 1.85 bits per heavy atom. The van der Waals surface area contributed by atoms with Gasteiger partial charge in [0.25, 0.3) is 0 Å². The van der Waals surface area contributed by atoms with E-state index in [1.165, 1.54) is 32.1 Å². The van der Waals surface area contributed by atoms with Gasteiger partial charge in [0.05, 0.1) is 25.5 Å². The number of morpholine rings is 1. The Kier molecular flexibility index (Phi) is 9.80. The molecule has 2 N–H and O–H groups in total. The van der Waals surface area contributed by atoms with E-state index in [9.17, 15) is 4.57 Å². The van der Waals surface area contributed by atoms with Gasteiger partial charge in [-0.2, -0.15) is 0 Å². The lowest BCUT2D eigenvalue weighted by Crippen LogP contribution is -2.39. The van der Waals surface area contributed by atoms with Gasteiger partial charge in [-0.3, -0.25) is 9.46 Å². The second kappa shape index (κ2) is 11.8. The average molecular weight is 399 g/mol. The van der Waals surface area contributed by atoms with E-state index >= 15 is 0 Å². The highest BCUT2D eigenvalue weighted by Crippen LogP contribution is 2.34. The summed E-state index contributed by atoms with van der Waals surface area (Å²) in [6, 6.07) is 8.00. The molecule has 1 aliphatic rings. The summed E-state index contributed by atoms with van der Waals surface area (Å²) >= 11 is 0. The quantitative estimate of drug-likeness (QED) is 0.409. The monoisotopic (exact) mass is 399 g/mol. The Morgan fingerprint density at radius 3 is 2.56 bits per heavy atom. The van der Waals surface area contributed by atoms with Crippen molar-refractivity contribution < 1.29 is 23.8 Å². The Hall–Kier alpha value is -0.910. The van der Waals surface area contributed by atoms with E-state index < -0.39 is 7.60 Å². The molecule has 0 saturated carbocycles. The van der Waals surface area contributed by atoms with Gasteiger partial charge in [-0.1, -0.05) is 51.2 Å². The molecule has 1 atom stereocenters. The van der Waals surface area contributed by atoms with Crippen LogP contribution < -0.4 is 4.74 Å². The van der Waals surface area contributed by atoms with Gasteiger partial charge in [0.15, 0.2) is 0 Å². The van der Waals surface area contributed by atoms with Crippen LogP contribution in [0.25, 0.3) is 0 Å². The molecule has 0 radical (unpaired) electrons. The van der Waals surface area contributed by atoms with Crippen LogP contribution in [-0.2, 0) is 9.30 Å². The molecule has 2 rings (SSSR count). The van der Waals surface area contributed by atoms with Crippen molar-refractivity contribution in [1.82, 2.24) is 4.90 Å². The van der Waals surface area contributed by atoms with Gasteiger partial charge in [-0.25, -0.2) is 0 Å². The van der Waals surface area contributed by atoms with E-state index in [0.717, 1.165) is 24.3 Å². The van der Waals surface area contributed by atoms with E-state index in [-0.39, 0.29) is 12.3 Å². The number of hydrogen-bond donors (Lipinski definition) is 2. The van der Waals surface area contributed by atoms with E-state index in [1.54, 1.807) is 0 Å². The molecule has 27 heavy (non-hydrogen) atoms. The standard InChI is InChI=1S/C20H34NO5P/c1-2-3-4-5-6-7-14-25-19-10-8-18(9-11-19)20-17-21(12-15-26-20)13-16-27(22,23)24/h8-11,20H,2-7,12-17H2,1H3,(H2,22,23,24)/t20-/m0/s1. The second-order valence-electron chi connectivity index (χ2n) is 7.23. The zero-order valence-corrected chi connectivity index (χ0v) is 17.3. The highest BCUT2D eigenvalue weighted by atomic mass is 31.2. The highest BCUT2D eigenvalue weighted by molar-refractivity contribution is 7.51. The van der Waals surface area contributed by atoms with Crippen molar-refractivity contribution in [3.63, 3.8) is 0 Å². The van der Waals surface area contributed by atoms with Crippen molar-refractivity contribution in [3.8, 4) is 5.75 Å². The first kappa shape index (κ1) is 22.4. The van der Waals surface area contributed by atoms with Gasteiger partial charge in [0.2, 0.25) is 0 Å². The Morgan fingerprint density at radius 1 is 1.15 bits per heavy atom. The van der Waals surface area contributed by atoms with Crippen LogP contribution in [-0.4, -0.2) is 53.7 Å². The van der Waals surface area contributed by atoms with Crippen LogP contribution in [0.1, 0.15) is 57.1 Å². The minimum absolute atomic E-state index is 0.0665. The summed E-state index contributed by atoms with van der Waals surface area (Å²) < 4.78 is 22.7. The SMILES string of the molecule is CCCCCCCCOc1ccc([C@@H]2CN(CCP(=O)(O)O)CCO2)cc1. The molecular formula is C20H34NO5P. The Labute approximate surface area is 163 Å². The molecule has 154 valence electrons. The summed E-state index contributed by atoms with van der Waals surface area (Å²) in [5.41, 5.74) is 1.07. The predicted octanol–water partition coefficient (Wildman–Crippen LogP) is 3.98. The number of rotatable bonds is 12. The summed E-state index contributed by atoms with van der Waals surface area (Å²) in [6.45, 7) is 5.30. The van der Waals surface area contributed by atoms with Crippen molar-refractivity contribution in [3.05, 3.63) is 29.8 Å². The van der Waals surface area contributed by atoms with Gasteiger partial charge in [0, 0.05) is 19.6 Å². The summed E-state index contributed by atoms with van der Waals surface area (Å²) in [5, 5.41) is 0. The summed E-state index contributed by atoms with van der Waals surface area (Å²) in [4.78, 5) is 20.1. The molecular weight excluding hydrogens is 365 g/mol. The molecule has 1 heterocycles. The minimum atomic E-state index is -3.95. The lowest BCUT2D eigenvalue weighted by Gasteiger charge is -2.33. The zero-order valence-electron chi connectivity index (χ0n) is 16.4. The fourth-order valence-electron chi connectivity index (χ4n) is 3.23. The van der Waals surface area contributed by atoms with Crippen LogP contribution in [0.3, 0.4) is 0 Å². The molecule has 0 aromatic heterocycles. The molecule has 0 bridgehead atoms. The smallest absolute Gasteiger partial charge is 0.326 e. The zero-order chi connectivity index (χ0) is 19.5. The molecule has 0 spiro atoms. The van der Waals surface area contributed by atoms with Gasteiger partial charge < -0.3 is 19.3 Å². The summed E-state index contributed by atoms with van der Waals surface area (Å²) in [7, 11) is -3.95. The van der Waals surface area contributed by atoms with Gasteiger partial charge >= 0.3 is 7.60 Å². The lowest BCUT2D eigenvalue weighted by atomic mass is 10.1. The lowest BCUT2D eigenvalue weighted by molar-refractivity contribution is -0.0282. The molecule has 7 heteroatoms. The van der Waals surface area contributed by atoms with E-state index in [4.69, 9.17) is 19.3 Å². The third-order valence-corrected chi connectivity index (χ3v) is 5.66.